The van der Waals surface area contributed by atoms with Gasteiger partial charge in [-0.05, 0) is 55.0 Å². The molecule has 0 fully saturated rings. The van der Waals surface area contributed by atoms with Crippen molar-refractivity contribution in [2.75, 3.05) is 17.7 Å². The van der Waals surface area contributed by atoms with Gasteiger partial charge in [-0.1, -0.05) is 23.4 Å². The standard InChI is InChI=1S/C26H23FN4O4/c1-16-14-17(10-11-21(16)27)25-30-24(35-31-25)13-12-23(32)29-22-9-4-3-8-20(22)26(33)28-18-6-5-7-19(15-18)34-2/h3-11,14-15H,12-13H2,1-2H3,(H,28,33)(H,29,32). The van der Waals surface area contributed by atoms with E-state index in [-0.39, 0.29) is 36.4 Å². The Kier molecular flexibility index (Phi) is 7.15. The lowest BCUT2D eigenvalue weighted by Gasteiger charge is -2.12. The monoisotopic (exact) mass is 474 g/mol. The molecule has 8 nitrogen and oxygen atoms in total. The minimum Gasteiger partial charge on any atom is -0.497 e. The van der Waals surface area contributed by atoms with Gasteiger partial charge in [0.2, 0.25) is 17.6 Å². The number of anilines is 2. The molecule has 0 radical (unpaired) electrons. The molecule has 0 bridgehead atoms. The fraction of sp³-hybridized carbons (Fsp3) is 0.154. The number of carbonyl (C=O) groups is 2. The Hall–Kier alpha value is -4.53. The summed E-state index contributed by atoms with van der Waals surface area (Å²) < 4.78 is 23.9. The maximum atomic E-state index is 13.5. The smallest absolute Gasteiger partial charge is 0.257 e. The largest absolute Gasteiger partial charge is 0.497 e. The minimum atomic E-state index is -0.370. The van der Waals surface area contributed by atoms with Crippen LogP contribution in [-0.2, 0) is 11.2 Å². The van der Waals surface area contributed by atoms with E-state index in [1.807, 2.05) is 0 Å². The molecule has 0 aliphatic carbocycles. The highest BCUT2D eigenvalue weighted by molar-refractivity contribution is 6.10. The van der Waals surface area contributed by atoms with E-state index in [1.165, 1.54) is 6.07 Å². The number of hydrogen-bond donors (Lipinski definition) is 2. The molecule has 3 aromatic carbocycles. The maximum absolute atomic E-state index is 13.5. The Labute approximate surface area is 201 Å². The van der Waals surface area contributed by atoms with Crippen molar-refractivity contribution < 1.29 is 23.2 Å². The number of para-hydroxylation sites is 1. The molecule has 4 rings (SSSR count). The third-order valence-corrected chi connectivity index (χ3v) is 5.22. The van der Waals surface area contributed by atoms with Gasteiger partial charge in [0.25, 0.3) is 5.91 Å². The molecule has 0 aliphatic rings. The lowest BCUT2D eigenvalue weighted by molar-refractivity contribution is -0.116. The van der Waals surface area contributed by atoms with Gasteiger partial charge in [-0.3, -0.25) is 9.59 Å². The number of methoxy groups -OCH3 is 1. The first kappa shape index (κ1) is 23.6. The summed E-state index contributed by atoms with van der Waals surface area (Å²) in [6.45, 7) is 1.65. The molecule has 0 aliphatic heterocycles. The van der Waals surface area contributed by atoms with Gasteiger partial charge >= 0.3 is 0 Å². The minimum absolute atomic E-state index is 0.0654. The van der Waals surface area contributed by atoms with Crippen LogP contribution in [0.2, 0.25) is 0 Å². The molecule has 1 aromatic heterocycles. The molecule has 0 spiro atoms. The van der Waals surface area contributed by atoms with E-state index in [0.29, 0.717) is 39.6 Å². The number of amides is 2. The Balaban J connectivity index is 1.38. The van der Waals surface area contributed by atoms with Gasteiger partial charge in [0, 0.05) is 30.2 Å². The topological polar surface area (TPSA) is 106 Å². The van der Waals surface area contributed by atoms with E-state index in [9.17, 15) is 14.0 Å². The summed E-state index contributed by atoms with van der Waals surface area (Å²) in [5.74, 6) is 0.216. The molecule has 0 saturated carbocycles. The molecule has 0 unspecified atom stereocenters. The van der Waals surface area contributed by atoms with Gasteiger partial charge < -0.3 is 19.9 Å². The van der Waals surface area contributed by atoms with Crippen LogP contribution in [0.5, 0.6) is 5.75 Å². The van der Waals surface area contributed by atoms with Crippen molar-refractivity contribution in [1.82, 2.24) is 10.1 Å². The lowest BCUT2D eigenvalue weighted by Crippen LogP contribution is -2.18. The van der Waals surface area contributed by atoms with Crippen LogP contribution >= 0.6 is 0 Å². The highest BCUT2D eigenvalue weighted by Gasteiger charge is 2.15. The summed E-state index contributed by atoms with van der Waals surface area (Å²) >= 11 is 0. The van der Waals surface area contributed by atoms with E-state index < -0.39 is 0 Å². The average Bonchev–Trinajstić information content (AvgIpc) is 3.34. The number of hydrogen-bond acceptors (Lipinski definition) is 6. The average molecular weight is 474 g/mol. The second-order valence-electron chi connectivity index (χ2n) is 7.76. The summed E-state index contributed by atoms with van der Waals surface area (Å²) in [5.41, 5.74) is 2.36. The quantitative estimate of drug-likeness (QED) is 0.372. The van der Waals surface area contributed by atoms with Crippen molar-refractivity contribution in [1.29, 1.82) is 0 Å². The molecule has 2 amide bonds. The molecule has 0 atom stereocenters. The van der Waals surface area contributed by atoms with Crippen LogP contribution in [-0.4, -0.2) is 29.1 Å². The normalized spacial score (nSPS) is 10.6. The van der Waals surface area contributed by atoms with Crippen LogP contribution in [0.1, 0.15) is 28.2 Å². The first-order valence-corrected chi connectivity index (χ1v) is 10.9. The molecular formula is C26H23FN4O4. The van der Waals surface area contributed by atoms with Crippen LogP contribution in [0.25, 0.3) is 11.4 Å². The van der Waals surface area contributed by atoms with E-state index in [4.69, 9.17) is 9.26 Å². The summed E-state index contributed by atoms with van der Waals surface area (Å²) in [6.07, 6.45) is 0.271. The molecule has 2 N–H and O–H groups in total. The van der Waals surface area contributed by atoms with Crippen molar-refractivity contribution >= 4 is 23.2 Å². The maximum Gasteiger partial charge on any atom is 0.257 e. The van der Waals surface area contributed by atoms with E-state index >= 15 is 0 Å². The zero-order valence-electron chi connectivity index (χ0n) is 19.2. The van der Waals surface area contributed by atoms with E-state index in [0.717, 1.165) is 0 Å². The van der Waals surface area contributed by atoms with Crippen molar-refractivity contribution in [2.24, 2.45) is 0 Å². The number of carbonyl (C=O) groups excluding carboxylic acids is 2. The number of benzene rings is 3. The Bertz CT molecular complexity index is 1370. The van der Waals surface area contributed by atoms with Gasteiger partial charge in [0.1, 0.15) is 11.6 Å². The predicted octanol–water partition coefficient (Wildman–Crippen LogP) is 5.02. The number of rotatable bonds is 8. The number of nitrogens with zero attached hydrogens (tertiary/aromatic N) is 2. The molecule has 178 valence electrons. The SMILES string of the molecule is COc1cccc(NC(=O)c2ccccc2NC(=O)CCc2nc(-c3ccc(F)c(C)c3)no2)c1. The van der Waals surface area contributed by atoms with Crippen LogP contribution in [0.4, 0.5) is 15.8 Å². The first-order valence-electron chi connectivity index (χ1n) is 10.9. The van der Waals surface area contributed by atoms with Crippen LogP contribution in [0.3, 0.4) is 0 Å². The Morgan fingerprint density at radius 2 is 1.86 bits per heavy atom. The summed E-state index contributed by atoms with van der Waals surface area (Å²) in [4.78, 5) is 29.7. The molecule has 4 aromatic rings. The molecule has 1 heterocycles. The van der Waals surface area contributed by atoms with Gasteiger partial charge in [-0.25, -0.2) is 4.39 Å². The van der Waals surface area contributed by atoms with E-state index in [1.54, 1.807) is 74.7 Å². The second kappa shape index (κ2) is 10.6. The van der Waals surface area contributed by atoms with Crippen LogP contribution in [0.15, 0.2) is 71.3 Å². The fourth-order valence-corrected chi connectivity index (χ4v) is 3.38. The molecular weight excluding hydrogens is 451 g/mol. The van der Waals surface area contributed by atoms with Crippen LogP contribution < -0.4 is 15.4 Å². The highest BCUT2D eigenvalue weighted by Crippen LogP contribution is 2.22. The van der Waals surface area contributed by atoms with Gasteiger partial charge in [0.05, 0.1) is 18.4 Å². The Morgan fingerprint density at radius 3 is 2.66 bits per heavy atom. The number of halogens is 1. The summed E-state index contributed by atoms with van der Waals surface area (Å²) in [5, 5.41) is 9.48. The van der Waals surface area contributed by atoms with Crippen molar-refractivity contribution in [2.45, 2.75) is 19.8 Å². The number of aryl methyl sites for hydroxylation is 2. The fourth-order valence-electron chi connectivity index (χ4n) is 3.38. The van der Waals surface area contributed by atoms with E-state index in [2.05, 4.69) is 20.8 Å². The number of aromatic nitrogens is 2. The number of nitrogens with one attached hydrogen (secondary N) is 2. The van der Waals surface area contributed by atoms with Crippen LogP contribution in [0, 0.1) is 12.7 Å². The van der Waals surface area contributed by atoms with Crippen molar-refractivity contribution in [3.05, 3.63) is 89.6 Å². The molecule has 35 heavy (non-hydrogen) atoms. The highest BCUT2D eigenvalue weighted by atomic mass is 19.1. The zero-order chi connectivity index (χ0) is 24.8. The zero-order valence-corrected chi connectivity index (χ0v) is 19.2. The lowest BCUT2D eigenvalue weighted by atomic mass is 10.1. The second-order valence-corrected chi connectivity index (χ2v) is 7.76. The predicted molar refractivity (Wildman–Crippen MR) is 129 cm³/mol. The summed E-state index contributed by atoms with van der Waals surface area (Å²) in [7, 11) is 1.55. The Morgan fingerprint density at radius 1 is 1.03 bits per heavy atom. The first-order chi connectivity index (χ1) is 16.9. The van der Waals surface area contributed by atoms with Gasteiger partial charge in [-0.2, -0.15) is 4.98 Å². The third kappa shape index (κ3) is 5.89. The van der Waals surface area contributed by atoms with Crippen molar-refractivity contribution in [3.63, 3.8) is 0 Å². The molecule has 0 saturated heterocycles. The van der Waals surface area contributed by atoms with Crippen molar-refractivity contribution in [3.8, 4) is 17.1 Å². The third-order valence-electron chi connectivity index (χ3n) is 5.22. The van der Waals surface area contributed by atoms with Gasteiger partial charge in [0.15, 0.2) is 0 Å². The summed E-state index contributed by atoms with van der Waals surface area (Å²) in [6, 6.07) is 18.2. The molecule has 9 heteroatoms. The number of ether oxygens (including phenoxy) is 1. The van der Waals surface area contributed by atoms with Gasteiger partial charge in [-0.15, -0.1) is 0 Å².